The third kappa shape index (κ3) is 5.78. The van der Waals surface area contributed by atoms with Gasteiger partial charge < -0.3 is 10.1 Å². The minimum absolute atomic E-state index is 0.0597. The van der Waals surface area contributed by atoms with Gasteiger partial charge in [-0.3, -0.25) is 0 Å². The largest absolute Gasteiger partial charge is 0.429 e. The van der Waals surface area contributed by atoms with Gasteiger partial charge in [-0.2, -0.15) is 8.78 Å². The highest BCUT2D eigenvalue weighted by Crippen LogP contribution is 2.39. The van der Waals surface area contributed by atoms with E-state index in [-0.39, 0.29) is 35.1 Å². The van der Waals surface area contributed by atoms with E-state index >= 15 is 8.78 Å². The molecule has 0 unspecified atom stereocenters. The van der Waals surface area contributed by atoms with Crippen molar-refractivity contribution in [2.24, 2.45) is 11.8 Å². The summed E-state index contributed by atoms with van der Waals surface area (Å²) in [6, 6.07) is 3.58. The fraction of sp³-hybridized carbons (Fsp3) is 0.207. The predicted molar refractivity (Wildman–Crippen MR) is 130 cm³/mol. The van der Waals surface area contributed by atoms with Crippen LogP contribution in [-0.4, -0.2) is 6.21 Å². The van der Waals surface area contributed by atoms with Gasteiger partial charge in [-0.1, -0.05) is 12.1 Å². The summed E-state index contributed by atoms with van der Waals surface area (Å²) in [5, 5.41) is 7.21. The van der Waals surface area contributed by atoms with Gasteiger partial charge in [0, 0.05) is 17.7 Å². The van der Waals surface area contributed by atoms with E-state index in [9.17, 15) is 30.7 Å². The van der Waals surface area contributed by atoms with Gasteiger partial charge in [0.05, 0.1) is 11.1 Å². The van der Waals surface area contributed by atoms with Crippen LogP contribution >= 0.6 is 0 Å². The van der Waals surface area contributed by atoms with E-state index in [0.29, 0.717) is 25.0 Å². The first-order valence-electron chi connectivity index (χ1n) is 11.9. The van der Waals surface area contributed by atoms with E-state index in [0.717, 1.165) is 18.2 Å². The molecule has 1 N–H and O–H groups in total. The van der Waals surface area contributed by atoms with Crippen molar-refractivity contribution >= 4 is 11.8 Å². The van der Waals surface area contributed by atoms with Gasteiger partial charge in [0.15, 0.2) is 17.5 Å². The number of nitrogens with one attached hydrogen (secondary N) is 1. The molecule has 0 atom stereocenters. The summed E-state index contributed by atoms with van der Waals surface area (Å²) in [5.74, 6) is -11.6. The number of hydrogen-bond acceptors (Lipinski definition) is 2. The van der Waals surface area contributed by atoms with Crippen LogP contribution in [0.4, 0.5) is 39.5 Å². The minimum Gasteiger partial charge on any atom is -0.429 e. The molecule has 0 saturated heterocycles. The number of allylic oxidation sites excluding steroid dienone is 4. The number of rotatable bonds is 8. The molecule has 0 radical (unpaired) electrons. The Morgan fingerprint density at radius 1 is 0.850 bits per heavy atom. The van der Waals surface area contributed by atoms with Crippen molar-refractivity contribution in [3.05, 3.63) is 106 Å². The van der Waals surface area contributed by atoms with Crippen LogP contribution in [-0.2, 0) is 6.11 Å². The molecule has 3 aromatic carbocycles. The molecular weight excluding hydrogens is 549 g/mol. The third-order valence-corrected chi connectivity index (χ3v) is 6.50. The molecule has 1 fully saturated rings. The highest BCUT2D eigenvalue weighted by molar-refractivity contribution is 5.79. The minimum atomic E-state index is -4.51. The third-order valence-electron chi connectivity index (χ3n) is 6.50. The number of hydrogen-bond donors (Lipinski definition) is 1. The zero-order chi connectivity index (χ0) is 29.4. The molecule has 0 spiro atoms. The van der Waals surface area contributed by atoms with Gasteiger partial charge in [-0.15, -0.1) is 0 Å². The standard InChI is InChI=1S/C29H20F9NO/c1-2-19(21(30)7-14-5-15(6-14)13-39)17-9-23(32)27(24(33)10-17)16-3-4-20(22(31)8-16)29(37,38)40-18-11-25(34)28(36)26(35)12-18/h2-4,7-15,39H,5-6H2,1H3/b19-2-,21-7+,39-13?. The Balaban J connectivity index is 1.61. The lowest BCUT2D eigenvalue weighted by Crippen LogP contribution is -2.23. The van der Waals surface area contributed by atoms with Crippen molar-refractivity contribution in [3.8, 4) is 16.9 Å². The normalized spacial score (nSPS) is 17.9. The van der Waals surface area contributed by atoms with Crippen LogP contribution in [0, 0.1) is 52.1 Å². The predicted octanol–water partition coefficient (Wildman–Crippen LogP) is 9.25. The molecular formula is C29H20F9NO. The zero-order valence-electron chi connectivity index (χ0n) is 20.7. The van der Waals surface area contributed by atoms with E-state index in [2.05, 4.69) is 4.74 Å². The van der Waals surface area contributed by atoms with Crippen LogP contribution in [0.1, 0.15) is 30.9 Å². The number of alkyl halides is 2. The Bertz CT molecular complexity index is 1480. The van der Waals surface area contributed by atoms with Crippen LogP contribution in [0.25, 0.3) is 16.7 Å². The molecule has 210 valence electrons. The summed E-state index contributed by atoms with van der Waals surface area (Å²) in [6.45, 7) is 1.47. The number of ether oxygens (including phenoxy) is 1. The summed E-state index contributed by atoms with van der Waals surface area (Å²) in [4.78, 5) is 0. The van der Waals surface area contributed by atoms with Crippen LogP contribution in [0.15, 0.2) is 60.4 Å². The summed E-state index contributed by atoms with van der Waals surface area (Å²) < 4.78 is 133. The maximum atomic E-state index is 15.0. The lowest BCUT2D eigenvalue weighted by Gasteiger charge is -2.30. The van der Waals surface area contributed by atoms with Crippen molar-refractivity contribution in [2.75, 3.05) is 0 Å². The Kier molecular flexibility index (Phi) is 8.13. The van der Waals surface area contributed by atoms with Crippen LogP contribution in [0.3, 0.4) is 0 Å². The fourth-order valence-corrected chi connectivity index (χ4v) is 4.43. The highest BCUT2D eigenvalue weighted by Gasteiger charge is 2.38. The molecule has 1 saturated carbocycles. The summed E-state index contributed by atoms with van der Waals surface area (Å²) in [6.07, 6.45) is 0.577. The average molecular weight is 569 g/mol. The molecule has 4 rings (SSSR count). The van der Waals surface area contributed by atoms with Gasteiger partial charge in [0.25, 0.3) is 0 Å². The molecule has 40 heavy (non-hydrogen) atoms. The van der Waals surface area contributed by atoms with E-state index < -0.39 is 69.3 Å². The van der Waals surface area contributed by atoms with Crippen LogP contribution < -0.4 is 4.74 Å². The fourth-order valence-electron chi connectivity index (χ4n) is 4.43. The Morgan fingerprint density at radius 3 is 1.98 bits per heavy atom. The van der Waals surface area contributed by atoms with Crippen LogP contribution in [0.2, 0.25) is 0 Å². The lowest BCUT2D eigenvalue weighted by atomic mass is 9.75. The molecule has 3 aromatic rings. The second kappa shape index (κ2) is 11.2. The highest BCUT2D eigenvalue weighted by atomic mass is 19.3. The molecule has 0 aromatic heterocycles. The summed E-state index contributed by atoms with van der Waals surface area (Å²) in [5.41, 5.74) is -2.90. The topological polar surface area (TPSA) is 33.1 Å². The first-order valence-corrected chi connectivity index (χ1v) is 11.9. The van der Waals surface area contributed by atoms with Crippen molar-refractivity contribution in [3.63, 3.8) is 0 Å². The lowest BCUT2D eigenvalue weighted by molar-refractivity contribution is -0.187. The Labute approximate surface area is 222 Å². The average Bonchev–Trinajstić information content (AvgIpc) is 2.84. The van der Waals surface area contributed by atoms with Gasteiger partial charge in [-0.25, -0.2) is 30.7 Å². The summed E-state index contributed by atoms with van der Waals surface area (Å²) >= 11 is 0. The SMILES string of the molecule is C/C=C(\C(F)=C/C1CC(C=N)C1)c1cc(F)c(-c2ccc(C(F)(F)Oc3cc(F)c(F)c(F)c3)c(F)c2)c(F)c1. The van der Waals surface area contributed by atoms with Gasteiger partial charge in [0.1, 0.15) is 29.0 Å². The van der Waals surface area contributed by atoms with Crippen molar-refractivity contribution in [1.29, 1.82) is 5.41 Å². The molecule has 0 amide bonds. The molecule has 0 heterocycles. The maximum Gasteiger partial charge on any atom is 0.429 e. The molecule has 1 aliphatic rings. The van der Waals surface area contributed by atoms with Gasteiger partial charge >= 0.3 is 6.11 Å². The van der Waals surface area contributed by atoms with Crippen LogP contribution in [0.5, 0.6) is 5.75 Å². The molecule has 0 bridgehead atoms. The van der Waals surface area contributed by atoms with E-state index in [4.69, 9.17) is 5.41 Å². The second-order valence-electron chi connectivity index (χ2n) is 9.20. The van der Waals surface area contributed by atoms with Crippen molar-refractivity contribution in [2.45, 2.75) is 25.9 Å². The van der Waals surface area contributed by atoms with Gasteiger partial charge in [-0.05, 0) is 79.3 Å². The molecule has 1 aliphatic carbocycles. The van der Waals surface area contributed by atoms with E-state index in [1.807, 2.05) is 0 Å². The Hall–Kier alpha value is -4.02. The van der Waals surface area contributed by atoms with E-state index in [1.165, 1.54) is 25.3 Å². The zero-order valence-corrected chi connectivity index (χ0v) is 20.7. The first-order chi connectivity index (χ1) is 18.8. The number of benzene rings is 3. The molecule has 11 heteroatoms. The molecule has 2 nitrogen and oxygen atoms in total. The number of halogens is 9. The first kappa shape index (κ1) is 29.0. The monoisotopic (exact) mass is 569 g/mol. The quantitative estimate of drug-likeness (QED) is 0.125. The summed E-state index contributed by atoms with van der Waals surface area (Å²) in [7, 11) is 0. The second-order valence-corrected chi connectivity index (χ2v) is 9.20. The Morgan fingerprint density at radius 2 is 1.45 bits per heavy atom. The maximum absolute atomic E-state index is 15.0. The van der Waals surface area contributed by atoms with E-state index in [1.54, 1.807) is 0 Å². The van der Waals surface area contributed by atoms with Crippen molar-refractivity contribution in [1.82, 2.24) is 0 Å². The molecule has 0 aliphatic heterocycles. The van der Waals surface area contributed by atoms with Crippen molar-refractivity contribution < 1.29 is 44.3 Å². The van der Waals surface area contributed by atoms with Gasteiger partial charge in [0.2, 0.25) is 0 Å². The smallest absolute Gasteiger partial charge is 0.429 e.